The smallest absolute Gasteiger partial charge is 0.306 e. The zero-order valence-electron chi connectivity index (χ0n) is 14.8. The van der Waals surface area contributed by atoms with Crippen molar-refractivity contribution in [3.05, 3.63) is 59.4 Å². The standard InChI is InChI=1S/C20H23N3O3/c1-14-9-17(12-21-11-14)19(24)22-18-4-2-3-15(10-18)13-23-7-5-16(6-8-23)20(25)26/h2-4,9-12,16H,5-8,13H2,1H3,(H,22,24)(H,25,26). The Morgan fingerprint density at radius 1 is 1.23 bits per heavy atom. The number of amides is 1. The number of carboxylic acid groups (broad SMARTS) is 1. The summed E-state index contributed by atoms with van der Waals surface area (Å²) in [6, 6.07) is 9.57. The third-order valence-electron chi connectivity index (χ3n) is 4.67. The second kappa shape index (κ2) is 8.10. The second-order valence-electron chi connectivity index (χ2n) is 6.79. The highest BCUT2D eigenvalue weighted by Gasteiger charge is 2.24. The first kappa shape index (κ1) is 18.1. The van der Waals surface area contributed by atoms with Crippen LogP contribution in [0.25, 0.3) is 0 Å². The van der Waals surface area contributed by atoms with Crippen LogP contribution in [0.5, 0.6) is 0 Å². The number of nitrogens with zero attached hydrogens (tertiary/aromatic N) is 2. The molecule has 136 valence electrons. The molecule has 0 radical (unpaired) electrons. The number of rotatable bonds is 5. The van der Waals surface area contributed by atoms with Gasteiger partial charge >= 0.3 is 5.97 Å². The van der Waals surface area contributed by atoms with Gasteiger partial charge in [0.15, 0.2) is 0 Å². The van der Waals surface area contributed by atoms with Crippen molar-refractivity contribution in [1.29, 1.82) is 0 Å². The number of anilines is 1. The SMILES string of the molecule is Cc1cncc(C(=O)Nc2cccc(CN3CCC(C(=O)O)CC3)c2)c1. The Bertz CT molecular complexity index is 798. The molecule has 0 atom stereocenters. The minimum Gasteiger partial charge on any atom is -0.481 e. The maximum absolute atomic E-state index is 12.4. The van der Waals surface area contributed by atoms with Gasteiger partial charge in [-0.2, -0.15) is 0 Å². The maximum Gasteiger partial charge on any atom is 0.306 e. The van der Waals surface area contributed by atoms with Gasteiger partial charge in [-0.15, -0.1) is 0 Å². The Kier molecular flexibility index (Phi) is 5.63. The van der Waals surface area contributed by atoms with Crippen LogP contribution in [0.4, 0.5) is 5.69 Å². The maximum atomic E-state index is 12.4. The Hall–Kier alpha value is -2.73. The fourth-order valence-corrected chi connectivity index (χ4v) is 3.23. The third-order valence-corrected chi connectivity index (χ3v) is 4.67. The van der Waals surface area contributed by atoms with Gasteiger partial charge in [0.25, 0.3) is 5.91 Å². The normalized spacial score (nSPS) is 15.6. The predicted molar refractivity (Wildman–Crippen MR) is 99.0 cm³/mol. The van der Waals surface area contributed by atoms with Crippen molar-refractivity contribution in [3.63, 3.8) is 0 Å². The summed E-state index contributed by atoms with van der Waals surface area (Å²) in [6.07, 6.45) is 4.64. The topological polar surface area (TPSA) is 82.5 Å². The molecule has 2 heterocycles. The van der Waals surface area contributed by atoms with Gasteiger partial charge in [-0.25, -0.2) is 0 Å². The first-order valence-corrected chi connectivity index (χ1v) is 8.78. The number of nitrogens with one attached hydrogen (secondary N) is 1. The van der Waals surface area contributed by atoms with E-state index in [2.05, 4.69) is 15.2 Å². The van der Waals surface area contributed by atoms with Crippen LogP contribution in [0.1, 0.15) is 34.3 Å². The molecule has 1 aliphatic heterocycles. The highest BCUT2D eigenvalue weighted by atomic mass is 16.4. The molecule has 6 heteroatoms. The molecule has 1 saturated heterocycles. The third kappa shape index (κ3) is 4.67. The molecule has 3 rings (SSSR count). The fourth-order valence-electron chi connectivity index (χ4n) is 3.23. The van der Waals surface area contributed by atoms with E-state index in [1.807, 2.05) is 31.2 Å². The van der Waals surface area contributed by atoms with E-state index in [-0.39, 0.29) is 11.8 Å². The number of hydrogen-bond acceptors (Lipinski definition) is 4. The highest BCUT2D eigenvalue weighted by molar-refractivity contribution is 6.04. The summed E-state index contributed by atoms with van der Waals surface area (Å²) >= 11 is 0. The summed E-state index contributed by atoms with van der Waals surface area (Å²) in [7, 11) is 0. The van der Waals surface area contributed by atoms with E-state index in [1.54, 1.807) is 18.5 Å². The van der Waals surface area contributed by atoms with Crippen LogP contribution < -0.4 is 5.32 Å². The molecule has 0 unspecified atom stereocenters. The summed E-state index contributed by atoms with van der Waals surface area (Å²) in [4.78, 5) is 29.7. The van der Waals surface area contributed by atoms with Crippen molar-refractivity contribution in [2.45, 2.75) is 26.3 Å². The second-order valence-corrected chi connectivity index (χ2v) is 6.79. The minimum atomic E-state index is -0.694. The van der Waals surface area contributed by atoms with Crippen molar-refractivity contribution in [1.82, 2.24) is 9.88 Å². The van der Waals surface area contributed by atoms with E-state index >= 15 is 0 Å². The van der Waals surface area contributed by atoms with Gasteiger partial charge in [-0.05, 0) is 62.2 Å². The van der Waals surface area contributed by atoms with Crippen molar-refractivity contribution in [2.24, 2.45) is 5.92 Å². The number of hydrogen-bond donors (Lipinski definition) is 2. The van der Waals surface area contributed by atoms with Gasteiger partial charge in [0.2, 0.25) is 0 Å². The zero-order chi connectivity index (χ0) is 18.5. The van der Waals surface area contributed by atoms with E-state index in [1.165, 1.54) is 0 Å². The summed E-state index contributed by atoms with van der Waals surface area (Å²) in [6.45, 7) is 4.21. The summed E-state index contributed by atoms with van der Waals surface area (Å²) in [5.74, 6) is -1.10. The van der Waals surface area contributed by atoms with Gasteiger partial charge in [0.05, 0.1) is 11.5 Å². The van der Waals surface area contributed by atoms with E-state index in [4.69, 9.17) is 5.11 Å². The Balaban J connectivity index is 1.60. The Morgan fingerprint density at radius 2 is 2.00 bits per heavy atom. The monoisotopic (exact) mass is 353 g/mol. The summed E-state index contributed by atoms with van der Waals surface area (Å²) in [5, 5.41) is 12.0. The molecule has 1 aromatic carbocycles. The molecule has 0 spiro atoms. The van der Waals surface area contributed by atoms with Crippen LogP contribution in [0.2, 0.25) is 0 Å². The molecule has 6 nitrogen and oxygen atoms in total. The lowest BCUT2D eigenvalue weighted by Crippen LogP contribution is -2.35. The molecule has 0 aliphatic carbocycles. The Labute approximate surface area is 152 Å². The van der Waals surface area contributed by atoms with Crippen molar-refractivity contribution in [2.75, 3.05) is 18.4 Å². The molecule has 0 saturated carbocycles. The Morgan fingerprint density at radius 3 is 2.69 bits per heavy atom. The molecule has 1 fully saturated rings. The highest BCUT2D eigenvalue weighted by Crippen LogP contribution is 2.20. The van der Waals surface area contributed by atoms with E-state index < -0.39 is 5.97 Å². The first-order chi connectivity index (χ1) is 12.5. The number of carboxylic acids is 1. The molecular formula is C20H23N3O3. The molecule has 1 aromatic heterocycles. The number of carbonyl (C=O) groups is 2. The van der Waals surface area contributed by atoms with E-state index in [9.17, 15) is 9.59 Å². The van der Waals surface area contributed by atoms with Crippen LogP contribution in [0.3, 0.4) is 0 Å². The molecular weight excluding hydrogens is 330 g/mol. The lowest BCUT2D eigenvalue weighted by atomic mass is 9.97. The fraction of sp³-hybridized carbons (Fsp3) is 0.350. The van der Waals surface area contributed by atoms with Crippen molar-refractivity contribution >= 4 is 17.6 Å². The van der Waals surface area contributed by atoms with Gasteiger partial charge < -0.3 is 10.4 Å². The number of aliphatic carboxylic acids is 1. The number of aryl methyl sites for hydroxylation is 1. The number of aromatic nitrogens is 1. The van der Waals surface area contributed by atoms with Crippen LogP contribution in [0, 0.1) is 12.8 Å². The van der Waals surface area contributed by atoms with Crippen molar-refractivity contribution in [3.8, 4) is 0 Å². The van der Waals surface area contributed by atoms with Gasteiger partial charge in [0.1, 0.15) is 0 Å². The molecule has 2 aromatic rings. The predicted octanol–water partition coefficient (Wildman–Crippen LogP) is 2.94. The number of pyridine rings is 1. The average Bonchev–Trinajstić information content (AvgIpc) is 2.62. The number of benzene rings is 1. The number of likely N-dealkylation sites (tertiary alicyclic amines) is 1. The van der Waals surface area contributed by atoms with Crippen LogP contribution >= 0.6 is 0 Å². The lowest BCUT2D eigenvalue weighted by Gasteiger charge is -2.30. The van der Waals surface area contributed by atoms with Crippen LogP contribution in [-0.4, -0.2) is 40.0 Å². The largest absolute Gasteiger partial charge is 0.481 e. The molecule has 1 aliphatic rings. The average molecular weight is 353 g/mol. The van der Waals surface area contributed by atoms with Crippen molar-refractivity contribution < 1.29 is 14.7 Å². The van der Waals surface area contributed by atoms with E-state index in [0.717, 1.165) is 36.4 Å². The number of carbonyl (C=O) groups excluding carboxylic acids is 1. The minimum absolute atomic E-state index is 0.180. The summed E-state index contributed by atoms with van der Waals surface area (Å²) in [5.41, 5.74) is 3.32. The first-order valence-electron chi connectivity index (χ1n) is 8.78. The number of piperidine rings is 1. The lowest BCUT2D eigenvalue weighted by molar-refractivity contribution is -0.143. The van der Waals surface area contributed by atoms with Gasteiger partial charge in [-0.1, -0.05) is 12.1 Å². The summed E-state index contributed by atoms with van der Waals surface area (Å²) < 4.78 is 0. The van der Waals surface area contributed by atoms with Crippen LogP contribution in [0.15, 0.2) is 42.7 Å². The molecule has 26 heavy (non-hydrogen) atoms. The molecule has 2 N–H and O–H groups in total. The van der Waals surface area contributed by atoms with E-state index in [0.29, 0.717) is 18.4 Å². The molecule has 1 amide bonds. The van der Waals surface area contributed by atoms with Gasteiger partial charge in [0, 0.05) is 24.6 Å². The van der Waals surface area contributed by atoms with Crippen LogP contribution in [-0.2, 0) is 11.3 Å². The zero-order valence-corrected chi connectivity index (χ0v) is 14.8. The quantitative estimate of drug-likeness (QED) is 0.864. The van der Waals surface area contributed by atoms with Gasteiger partial charge in [-0.3, -0.25) is 19.5 Å². The molecule has 0 bridgehead atoms.